The van der Waals surface area contributed by atoms with Gasteiger partial charge in [0.25, 0.3) is 0 Å². The molecule has 0 amide bonds. The predicted molar refractivity (Wildman–Crippen MR) is 64.6 cm³/mol. The molecule has 15 heavy (non-hydrogen) atoms. The molecule has 0 aliphatic carbocycles. The van der Waals surface area contributed by atoms with Crippen molar-refractivity contribution in [2.75, 3.05) is 5.75 Å². The Balaban J connectivity index is 2.09. The zero-order chi connectivity index (χ0) is 10.3. The van der Waals surface area contributed by atoms with Gasteiger partial charge in [0.05, 0.1) is 22.8 Å². The summed E-state index contributed by atoms with van der Waals surface area (Å²) in [7, 11) is 0. The van der Waals surface area contributed by atoms with Crippen LogP contribution in [0.4, 0.5) is 0 Å². The van der Waals surface area contributed by atoms with Crippen molar-refractivity contribution >= 4 is 27.8 Å². The first-order valence-electron chi connectivity index (χ1n) is 4.97. The lowest BCUT2D eigenvalue weighted by atomic mass is 10.4. The van der Waals surface area contributed by atoms with Gasteiger partial charge in [-0.25, -0.2) is 0 Å². The number of aromatic nitrogens is 2. The van der Waals surface area contributed by atoms with Crippen LogP contribution in [0.5, 0.6) is 0 Å². The first-order chi connectivity index (χ1) is 7.33. The van der Waals surface area contributed by atoms with E-state index in [2.05, 4.69) is 28.0 Å². The Hall–Kier alpha value is -1.29. The molecular weight excluding hydrogens is 206 g/mol. The molecule has 0 saturated heterocycles. The second-order valence-electron chi connectivity index (χ2n) is 3.71. The fourth-order valence-electron chi connectivity index (χ4n) is 1.69. The summed E-state index contributed by atoms with van der Waals surface area (Å²) in [4.78, 5) is 12.2. The van der Waals surface area contributed by atoms with Crippen LogP contribution in [-0.2, 0) is 0 Å². The number of pyridine rings is 1. The van der Waals surface area contributed by atoms with Crippen molar-refractivity contribution < 1.29 is 0 Å². The number of rotatable bonds is 1. The van der Waals surface area contributed by atoms with Crippen LogP contribution in [0.25, 0.3) is 11.0 Å². The minimum atomic E-state index is 0.435. The molecule has 3 nitrogen and oxygen atoms in total. The van der Waals surface area contributed by atoms with Crippen molar-refractivity contribution in [1.82, 2.24) is 9.97 Å². The lowest BCUT2D eigenvalue weighted by molar-refractivity contribution is 0.865. The number of nitrogens with zero attached hydrogens (tertiary/aromatic N) is 2. The Bertz CT molecular complexity index is 496. The third-order valence-corrected chi connectivity index (χ3v) is 3.67. The monoisotopic (exact) mass is 217 g/mol. The highest BCUT2D eigenvalue weighted by Gasteiger charge is 2.17. The Morgan fingerprint density at radius 2 is 2.47 bits per heavy atom. The lowest BCUT2D eigenvalue weighted by Crippen LogP contribution is -1.93. The molecule has 2 aromatic rings. The summed E-state index contributed by atoms with van der Waals surface area (Å²) in [5.74, 6) is 1.08. The lowest BCUT2D eigenvalue weighted by Gasteiger charge is -1.92. The second kappa shape index (κ2) is 3.38. The number of hydrogen-bond donors (Lipinski definition) is 1. The molecule has 0 fully saturated rings. The average Bonchev–Trinajstić information content (AvgIpc) is 2.82. The predicted octanol–water partition coefficient (Wildman–Crippen LogP) is 2.44. The maximum atomic E-state index is 4.57. The van der Waals surface area contributed by atoms with Gasteiger partial charge in [-0.05, 0) is 25.1 Å². The van der Waals surface area contributed by atoms with Gasteiger partial charge in [-0.1, -0.05) is 0 Å². The van der Waals surface area contributed by atoms with Gasteiger partial charge in [-0.15, -0.1) is 11.8 Å². The van der Waals surface area contributed by atoms with E-state index in [1.165, 1.54) is 0 Å². The zero-order valence-corrected chi connectivity index (χ0v) is 9.21. The van der Waals surface area contributed by atoms with Crippen molar-refractivity contribution in [3.05, 3.63) is 30.1 Å². The second-order valence-corrected chi connectivity index (χ2v) is 4.72. The summed E-state index contributed by atoms with van der Waals surface area (Å²) in [6.45, 7) is 2.14. The van der Waals surface area contributed by atoms with Crippen LogP contribution in [0.3, 0.4) is 0 Å². The van der Waals surface area contributed by atoms with Crippen molar-refractivity contribution in [1.29, 1.82) is 0 Å². The fraction of sp³-hybridized carbons (Fsp3) is 0.273. The van der Waals surface area contributed by atoms with Gasteiger partial charge >= 0.3 is 0 Å². The SMILES string of the molecule is CC1CSC(c2cc3ncccc3[nH]2)=N1. The molecule has 0 bridgehead atoms. The quantitative estimate of drug-likeness (QED) is 0.797. The van der Waals surface area contributed by atoms with E-state index in [1.807, 2.05) is 30.1 Å². The molecule has 0 aromatic carbocycles. The van der Waals surface area contributed by atoms with Crippen LogP contribution in [-0.4, -0.2) is 26.8 Å². The van der Waals surface area contributed by atoms with Gasteiger partial charge in [-0.3, -0.25) is 9.98 Å². The third-order valence-electron chi connectivity index (χ3n) is 2.42. The molecule has 1 unspecified atom stereocenters. The molecular formula is C11H11N3S. The molecule has 3 heterocycles. The molecule has 1 aliphatic rings. The molecule has 1 N–H and O–H groups in total. The van der Waals surface area contributed by atoms with E-state index in [0.29, 0.717) is 6.04 Å². The van der Waals surface area contributed by atoms with Crippen LogP contribution in [0.1, 0.15) is 12.6 Å². The van der Waals surface area contributed by atoms with Gasteiger partial charge in [0.2, 0.25) is 0 Å². The number of aromatic amines is 1. The highest BCUT2D eigenvalue weighted by molar-refractivity contribution is 8.14. The van der Waals surface area contributed by atoms with Crippen LogP contribution < -0.4 is 0 Å². The zero-order valence-electron chi connectivity index (χ0n) is 8.40. The maximum absolute atomic E-state index is 4.57. The van der Waals surface area contributed by atoms with Crippen LogP contribution in [0, 0.1) is 0 Å². The van der Waals surface area contributed by atoms with Gasteiger partial charge in [-0.2, -0.15) is 0 Å². The summed E-state index contributed by atoms with van der Waals surface area (Å²) < 4.78 is 0. The van der Waals surface area contributed by atoms with Gasteiger partial charge in [0, 0.05) is 11.9 Å². The van der Waals surface area contributed by atoms with Crippen LogP contribution >= 0.6 is 11.8 Å². The highest BCUT2D eigenvalue weighted by atomic mass is 32.2. The molecule has 4 heteroatoms. The highest BCUT2D eigenvalue weighted by Crippen LogP contribution is 2.24. The molecule has 3 rings (SSSR count). The number of fused-ring (bicyclic) bond motifs is 1. The summed E-state index contributed by atoms with van der Waals surface area (Å²) in [5, 5.41) is 1.11. The minimum absolute atomic E-state index is 0.435. The third kappa shape index (κ3) is 1.55. The standard InChI is InChI=1S/C11H11N3S/c1-7-6-15-11(13-7)10-5-9-8(14-10)3-2-4-12-9/h2-5,7,14H,6H2,1H3. The van der Waals surface area contributed by atoms with Crippen molar-refractivity contribution in [3.8, 4) is 0 Å². The first-order valence-corrected chi connectivity index (χ1v) is 5.96. The number of aliphatic imine (C=N–C) groups is 1. The molecule has 1 atom stereocenters. The van der Waals surface area contributed by atoms with Gasteiger partial charge in [0.1, 0.15) is 5.04 Å². The minimum Gasteiger partial charge on any atom is -0.352 e. The number of H-pyrrole nitrogens is 1. The maximum Gasteiger partial charge on any atom is 0.114 e. The Morgan fingerprint density at radius 3 is 3.20 bits per heavy atom. The van der Waals surface area contributed by atoms with Crippen LogP contribution in [0.15, 0.2) is 29.4 Å². The molecule has 0 radical (unpaired) electrons. The molecule has 0 spiro atoms. The van der Waals surface area contributed by atoms with Gasteiger partial charge < -0.3 is 4.98 Å². The number of hydrogen-bond acceptors (Lipinski definition) is 3. The summed E-state index contributed by atoms with van der Waals surface area (Å²) in [5.41, 5.74) is 3.18. The van der Waals surface area contributed by atoms with E-state index in [9.17, 15) is 0 Å². The fourth-order valence-corrected chi connectivity index (χ4v) is 2.69. The molecule has 1 aliphatic heterocycles. The summed E-state index contributed by atoms with van der Waals surface area (Å²) in [6, 6.07) is 6.48. The van der Waals surface area contributed by atoms with Crippen LogP contribution in [0.2, 0.25) is 0 Å². The Morgan fingerprint density at radius 1 is 1.53 bits per heavy atom. The Labute approximate surface area is 92.0 Å². The van der Waals surface area contributed by atoms with E-state index in [-0.39, 0.29) is 0 Å². The molecule has 0 saturated carbocycles. The molecule has 2 aromatic heterocycles. The van der Waals surface area contributed by atoms with E-state index in [4.69, 9.17) is 0 Å². The summed E-state index contributed by atoms with van der Waals surface area (Å²) >= 11 is 1.81. The number of thioether (sulfide) groups is 1. The first kappa shape index (κ1) is 8.97. The van der Waals surface area contributed by atoms with Crippen molar-refractivity contribution in [3.63, 3.8) is 0 Å². The van der Waals surface area contributed by atoms with Crippen molar-refractivity contribution in [2.45, 2.75) is 13.0 Å². The normalized spacial score (nSPS) is 20.9. The van der Waals surface area contributed by atoms with E-state index >= 15 is 0 Å². The number of nitrogens with one attached hydrogen (secondary N) is 1. The van der Waals surface area contributed by atoms with Crippen molar-refractivity contribution in [2.24, 2.45) is 4.99 Å². The van der Waals surface area contributed by atoms with E-state index < -0.39 is 0 Å². The van der Waals surface area contributed by atoms with E-state index in [0.717, 1.165) is 27.5 Å². The molecule has 76 valence electrons. The smallest absolute Gasteiger partial charge is 0.114 e. The topological polar surface area (TPSA) is 41.0 Å². The van der Waals surface area contributed by atoms with E-state index in [1.54, 1.807) is 0 Å². The van der Waals surface area contributed by atoms with Gasteiger partial charge in [0.15, 0.2) is 0 Å². The largest absolute Gasteiger partial charge is 0.352 e. The summed E-state index contributed by atoms with van der Waals surface area (Å²) in [6.07, 6.45) is 1.81. The average molecular weight is 217 g/mol. The Kier molecular flexibility index (Phi) is 2.02.